The van der Waals surface area contributed by atoms with Crippen molar-refractivity contribution in [3.8, 4) is 11.4 Å². The van der Waals surface area contributed by atoms with Crippen LogP contribution in [0.4, 0.5) is 5.82 Å². The van der Waals surface area contributed by atoms with Crippen LogP contribution in [0, 0.1) is 5.92 Å². The van der Waals surface area contributed by atoms with Gasteiger partial charge in [-0.1, -0.05) is 19.0 Å². The van der Waals surface area contributed by atoms with Gasteiger partial charge in [0.2, 0.25) is 11.7 Å². The zero-order chi connectivity index (χ0) is 19.1. The molecule has 1 aliphatic carbocycles. The van der Waals surface area contributed by atoms with Gasteiger partial charge in [-0.2, -0.15) is 4.98 Å². The Labute approximate surface area is 166 Å². The maximum atomic E-state index is 5.62. The third-order valence-corrected chi connectivity index (χ3v) is 6.31. The van der Waals surface area contributed by atoms with Gasteiger partial charge in [-0.3, -0.25) is 4.98 Å². The van der Waals surface area contributed by atoms with E-state index >= 15 is 0 Å². The molecular weight excluding hydrogens is 372 g/mol. The second-order valence-corrected chi connectivity index (χ2v) is 8.40. The Bertz CT molecular complexity index is 1120. The van der Waals surface area contributed by atoms with E-state index in [1.54, 1.807) is 30.1 Å². The summed E-state index contributed by atoms with van der Waals surface area (Å²) in [5, 5.41) is 8.87. The summed E-state index contributed by atoms with van der Waals surface area (Å²) in [4.78, 5) is 20.2. The van der Waals surface area contributed by atoms with Crippen molar-refractivity contribution in [2.75, 3.05) is 5.32 Å². The zero-order valence-electron chi connectivity index (χ0n) is 15.7. The van der Waals surface area contributed by atoms with Crippen LogP contribution in [0.5, 0.6) is 0 Å². The van der Waals surface area contributed by atoms with Crippen molar-refractivity contribution in [2.45, 2.75) is 39.2 Å². The second kappa shape index (κ2) is 6.94. The maximum Gasteiger partial charge on any atom is 0.249 e. The molecule has 142 valence electrons. The highest BCUT2D eigenvalue weighted by Crippen LogP contribution is 2.40. The minimum atomic E-state index is -0.141. The number of pyridine rings is 1. The molecule has 5 rings (SSSR count). The van der Waals surface area contributed by atoms with Crippen molar-refractivity contribution < 1.29 is 4.52 Å². The fraction of sp³-hybridized carbons (Fsp3) is 0.350. The molecular formula is C20H20N6OS. The van der Waals surface area contributed by atoms with Gasteiger partial charge in [0.1, 0.15) is 23.0 Å². The highest BCUT2D eigenvalue weighted by Gasteiger charge is 2.27. The summed E-state index contributed by atoms with van der Waals surface area (Å²) in [6.45, 7) is 4.26. The summed E-state index contributed by atoms with van der Waals surface area (Å²) in [6.07, 6.45) is 8.51. The van der Waals surface area contributed by atoms with Gasteiger partial charge >= 0.3 is 0 Å². The lowest BCUT2D eigenvalue weighted by Gasteiger charge is -2.19. The van der Waals surface area contributed by atoms with E-state index in [1.165, 1.54) is 16.9 Å². The summed E-state index contributed by atoms with van der Waals surface area (Å²) >= 11 is 1.78. The van der Waals surface area contributed by atoms with Gasteiger partial charge < -0.3 is 9.84 Å². The lowest BCUT2D eigenvalue weighted by Crippen LogP contribution is -2.18. The molecule has 1 N–H and O–H groups in total. The minimum absolute atomic E-state index is 0.141. The normalized spacial score (nSPS) is 14.5. The van der Waals surface area contributed by atoms with Gasteiger partial charge in [-0.15, -0.1) is 11.3 Å². The van der Waals surface area contributed by atoms with Crippen LogP contribution < -0.4 is 5.32 Å². The molecule has 0 radical (unpaired) electrons. The third kappa shape index (κ3) is 2.93. The van der Waals surface area contributed by atoms with Crippen LogP contribution in [0.25, 0.3) is 21.6 Å². The smallest absolute Gasteiger partial charge is 0.249 e. The van der Waals surface area contributed by atoms with Crippen LogP contribution in [-0.4, -0.2) is 25.1 Å². The lowest BCUT2D eigenvalue weighted by atomic mass is 10.0. The van der Waals surface area contributed by atoms with Gasteiger partial charge in [0, 0.05) is 22.8 Å². The molecule has 0 spiro atoms. The number of hydrogen-bond acceptors (Lipinski definition) is 8. The average molecular weight is 392 g/mol. The Morgan fingerprint density at radius 2 is 2.00 bits per heavy atom. The van der Waals surface area contributed by atoms with E-state index in [0.717, 1.165) is 34.4 Å². The molecule has 0 aliphatic heterocycles. The molecule has 0 bridgehead atoms. The number of nitrogens with zero attached hydrogens (tertiary/aromatic N) is 5. The molecule has 28 heavy (non-hydrogen) atoms. The molecule has 8 heteroatoms. The summed E-state index contributed by atoms with van der Waals surface area (Å²) in [6, 6.07) is 3.60. The molecule has 0 amide bonds. The van der Waals surface area contributed by atoms with E-state index in [9.17, 15) is 0 Å². The number of hydrogen-bond donors (Lipinski definition) is 1. The largest absolute Gasteiger partial charge is 0.358 e. The zero-order valence-corrected chi connectivity index (χ0v) is 16.5. The Morgan fingerprint density at radius 1 is 1.14 bits per heavy atom. The molecule has 7 nitrogen and oxygen atoms in total. The first-order valence-electron chi connectivity index (χ1n) is 9.46. The standard InChI is InChI=1S/C20H20N6OS/c1-11(2)16(19-25-17(26-27-19)12-6-8-21-9-7-12)24-18-15-13-4-3-5-14(13)28-20(15)23-10-22-18/h6-11,16H,3-5H2,1-2H3,(H,22,23,24). The van der Waals surface area contributed by atoms with Crippen LogP contribution in [-0.2, 0) is 12.8 Å². The van der Waals surface area contributed by atoms with Crippen LogP contribution in [0.1, 0.15) is 42.6 Å². The number of nitrogens with one attached hydrogen (secondary N) is 1. The number of fused-ring (bicyclic) bond motifs is 3. The Balaban J connectivity index is 1.51. The van der Waals surface area contributed by atoms with E-state index in [1.807, 2.05) is 12.1 Å². The van der Waals surface area contributed by atoms with E-state index in [2.05, 4.69) is 44.3 Å². The fourth-order valence-corrected chi connectivity index (χ4v) is 4.91. The van der Waals surface area contributed by atoms with E-state index in [4.69, 9.17) is 4.52 Å². The number of rotatable bonds is 5. The highest BCUT2D eigenvalue weighted by atomic mass is 32.1. The number of thiophene rings is 1. The maximum absolute atomic E-state index is 5.62. The molecule has 0 saturated carbocycles. The highest BCUT2D eigenvalue weighted by molar-refractivity contribution is 7.19. The predicted molar refractivity (Wildman–Crippen MR) is 108 cm³/mol. The van der Waals surface area contributed by atoms with Gasteiger partial charge in [0.05, 0.1) is 5.39 Å². The van der Waals surface area contributed by atoms with Crippen LogP contribution >= 0.6 is 11.3 Å². The molecule has 1 atom stereocenters. The number of anilines is 1. The minimum Gasteiger partial charge on any atom is -0.358 e. The fourth-order valence-electron chi connectivity index (χ4n) is 3.68. The monoisotopic (exact) mass is 392 g/mol. The van der Waals surface area contributed by atoms with E-state index < -0.39 is 0 Å². The van der Waals surface area contributed by atoms with E-state index in [-0.39, 0.29) is 12.0 Å². The Kier molecular flexibility index (Phi) is 4.27. The van der Waals surface area contributed by atoms with Gasteiger partial charge in [0.25, 0.3) is 0 Å². The van der Waals surface area contributed by atoms with Gasteiger partial charge in [-0.05, 0) is 42.9 Å². The first kappa shape index (κ1) is 17.2. The third-order valence-electron chi connectivity index (χ3n) is 5.11. The van der Waals surface area contributed by atoms with Crippen molar-refractivity contribution >= 4 is 27.4 Å². The molecule has 0 saturated heterocycles. The first-order valence-corrected chi connectivity index (χ1v) is 10.3. The molecule has 4 aromatic rings. The SMILES string of the molecule is CC(C)C(Nc1ncnc2sc3c(c12)CCC3)c1nc(-c2ccncc2)no1. The number of aromatic nitrogens is 5. The topological polar surface area (TPSA) is 89.6 Å². The van der Waals surface area contributed by atoms with Crippen LogP contribution in [0.3, 0.4) is 0 Å². The first-order chi connectivity index (χ1) is 13.7. The second-order valence-electron chi connectivity index (χ2n) is 7.32. The average Bonchev–Trinajstić information content (AvgIpc) is 3.42. The van der Waals surface area contributed by atoms with Crippen molar-refractivity contribution in [1.82, 2.24) is 25.1 Å². The Morgan fingerprint density at radius 3 is 2.82 bits per heavy atom. The van der Waals surface area contributed by atoms with Crippen molar-refractivity contribution in [3.63, 3.8) is 0 Å². The summed E-state index contributed by atoms with van der Waals surface area (Å²) < 4.78 is 5.62. The molecule has 1 unspecified atom stereocenters. The summed E-state index contributed by atoms with van der Waals surface area (Å²) in [5.41, 5.74) is 2.28. The summed E-state index contributed by atoms with van der Waals surface area (Å²) in [5.74, 6) is 2.21. The lowest BCUT2D eigenvalue weighted by molar-refractivity contribution is 0.336. The molecule has 4 heterocycles. The quantitative estimate of drug-likeness (QED) is 0.537. The van der Waals surface area contributed by atoms with E-state index in [0.29, 0.717) is 11.7 Å². The van der Waals surface area contributed by atoms with Gasteiger partial charge in [-0.25, -0.2) is 9.97 Å². The van der Waals surface area contributed by atoms with Crippen molar-refractivity contribution in [3.05, 3.63) is 47.2 Å². The Hall–Kier alpha value is -2.87. The van der Waals surface area contributed by atoms with Crippen LogP contribution in [0.2, 0.25) is 0 Å². The number of aryl methyl sites for hydroxylation is 2. The molecule has 4 aromatic heterocycles. The molecule has 0 aromatic carbocycles. The predicted octanol–water partition coefficient (Wildman–Crippen LogP) is 4.43. The van der Waals surface area contributed by atoms with Crippen molar-refractivity contribution in [1.29, 1.82) is 0 Å². The molecule has 1 aliphatic rings. The summed E-state index contributed by atoms with van der Waals surface area (Å²) in [7, 11) is 0. The van der Waals surface area contributed by atoms with Crippen molar-refractivity contribution in [2.24, 2.45) is 5.92 Å². The van der Waals surface area contributed by atoms with Gasteiger partial charge in [0.15, 0.2) is 0 Å². The van der Waals surface area contributed by atoms with Crippen LogP contribution in [0.15, 0.2) is 35.4 Å². The molecule has 0 fully saturated rings.